The van der Waals surface area contributed by atoms with E-state index in [1.165, 1.54) is 13.1 Å². The molecule has 2 aromatic rings. The number of amides is 4. The number of benzene rings is 1. The summed E-state index contributed by atoms with van der Waals surface area (Å²) in [6, 6.07) is 3.74. The highest BCUT2D eigenvalue weighted by molar-refractivity contribution is 7.91. The van der Waals surface area contributed by atoms with Crippen LogP contribution in [0.25, 0.3) is 10.8 Å². The molecule has 4 aliphatic rings. The van der Waals surface area contributed by atoms with Gasteiger partial charge >= 0.3 is 12.3 Å². The first-order valence-corrected chi connectivity index (χ1v) is 20.9. The van der Waals surface area contributed by atoms with E-state index in [0.29, 0.717) is 62.7 Å². The highest BCUT2D eigenvalue weighted by Crippen LogP contribution is 2.47. The summed E-state index contributed by atoms with van der Waals surface area (Å²) in [5.41, 5.74) is -4.72. The van der Waals surface area contributed by atoms with Gasteiger partial charge in [-0.3, -0.25) is 24.0 Å². The van der Waals surface area contributed by atoms with E-state index in [2.05, 4.69) is 15.0 Å². The molecule has 2 aliphatic heterocycles. The summed E-state index contributed by atoms with van der Waals surface area (Å²) in [7, 11) is -4.02. The number of nitrogens with zero attached hydrogens (tertiary/aromatic N) is 3. The van der Waals surface area contributed by atoms with Gasteiger partial charge in [0.1, 0.15) is 35.0 Å². The standard InChI is InChI=1S/C39H50F3N5O9S/c1-6-55-30-20-43-33(28-14-10-9-13-27(28)30)56-25-18-29-32(48)44-38(35(50)45-57(53,54)26-15-16-26)19-24(38)12-8-7-11-22(2)17-23(3)31(34(49)46(29)21-25)47(36(51)52)37(4,5)39(40,41)42/h8-10,12-14,20,22-26,29,31H,6-7,11,15-19,21H2,1-5H3,(H,44,48)(H,45,50)(H,51,52)/t22-,23+,24+,25+,29-,31-,38+/m0/s1. The minimum Gasteiger partial charge on any atom is -0.492 e. The minimum absolute atomic E-state index is 0.0612. The number of carbonyl (C=O) groups excluding carboxylic acids is 3. The van der Waals surface area contributed by atoms with Crippen molar-refractivity contribution in [1.82, 2.24) is 24.8 Å². The van der Waals surface area contributed by atoms with Crippen LogP contribution < -0.4 is 19.5 Å². The number of halogens is 3. The molecule has 1 aromatic heterocycles. The second-order valence-electron chi connectivity index (χ2n) is 16.3. The SMILES string of the molecule is CCOc1cnc(O[C@@H]2C[C@H]3C(=O)N[C@]4(C(=O)NS(=O)(=O)C5CC5)C[C@H]4C=CCC[C@H](C)C[C@@H](C)[C@H](N(C(=O)O)C(C)(C)C(F)(F)F)C(=O)N3C2)c2ccccc12. The first-order valence-electron chi connectivity index (χ1n) is 19.3. The highest BCUT2D eigenvalue weighted by Gasteiger charge is 2.63. The zero-order chi connectivity index (χ0) is 41.7. The molecule has 4 amide bonds. The Labute approximate surface area is 329 Å². The van der Waals surface area contributed by atoms with E-state index in [1.807, 2.05) is 13.8 Å². The molecule has 2 aliphatic carbocycles. The second-order valence-corrected chi connectivity index (χ2v) is 18.3. The molecule has 6 rings (SSSR count). The average Bonchev–Trinajstić information content (AvgIpc) is 4.05. The minimum atomic E-state index is -5.09. The molecular weight excluding hydrogens is 772 g/mol. The fourth-order valence-corrected chi connectivity index (χ4v) is 9.51. The third-order valence-corrected chi connectivity index (χ3v) is 13.5. The van der Waals surface area contributed by atoms with Gasteiger partial charge in [-0.25, -0.2) is 18.2 Å². The molecule has 7 atom stereocenters. The van der Waals surface area contributed by atoms with Gasteiger partial charge in [-0.15, -0.1) is 0 Å². The Bertz CT molecular complexity index is 2040. The maximum absolute atomic E-state index is 15.0. The van der Waals surface area contributed by atoms with Gasteiger partial charge in [0.05, 0.1) is 24.6 Å². The average molecular weight is 822 g/mol. The third kappa shape index (κ3) is 8.37. The van der Waals surface area contributed by atoms with Crippen molar-refractivity contribution < 1.29 is 55.3 Å². The molecule has 1 aromatic carbocycles. The fraction of sp³-hybridized carbons (Fsp3) is 0.615. The number of sulfonamides is 1. The number of carboxylic acid groups (broad SMARTS) is 1. The molecule has 3 heterocycles. The summed E-state index contributed by atoms with van der Waals surface area (Å²) in [6.07, 6.45) is -1.25. The first-order chi connectivity index (χ1) is 26.7. The number of rotatable bonds is 9. The molecule has 0 bridgehead atoms. The molecule has 1 saturated heterocycles. The van der Waals surface area contributed by atoms with Gasteiger partial charge < -0.3 is 24.8 Å². The smallest absolute Gasteiger partial charge is 0.411 e. The Balaban J connectivity index is 1.42. The number of hydrogen-bond acceptors (Lipinski definition) is 9. The van der Waals surface area contributed by atoms with E-state index < -0.39 is 86.4 Å². The Morgan fingerprint density at radius 2 is 1.79 bits per heavy atom. The summed E-state index contributed by atoms with van der Waals surface area (Å²) >= 11 is 0. The van der Waals surface area contributed by atoms with E-state index in [1.54, 1.807) is 36.4 Å². The predicted molar refractivity (Wildman–Crippen MR) is 202 cm³/mol. The van der Waals surface area contributed by atoms with Crippen molar-refractivity contribution in [2.75, 3.05) is 13.2 Å². The highest BCUT2D eigenvalue weighted by atomic mass is 32.2. The van der Waals surface area contributed by atoms with E-state index in [4.69, 9.17) is 9.47 Å². The normalized spacial score (nSPS) is 28.7. The second kappa shape index (κ2) is 15.6. The Hall–Kier alpha value is -4.61. The van der Waals surface area contributed by atoms with E-state index in [0.717, 1.165) is 4.90 Å². The van der Waals surface area contributed by atoms with E-state index in [-0.39, 0.29) is 42.5 Å². The van der Waals surface area contributed by atoms with Gasteiger partial charge in [-0.05, 0) is 77.2 Å². The van der Waals surface area contributed by atoms with Crippen LogP contribution >= 0.6 is 0 Å². The van der Waals surface area contributed by atoms with Gasteiger partial charge in [0.2, 0.25) is 27.7 Å². The molecule has 18 heteroatoms. The van der Waals surface area contributed by atoms with Gasteiger partial charge in [-0.2, -0.15) is 13.2 Å². The van der Waals surface area contributed by atoms with Crippen molar-refractivity contribution in [2.24, 2.45) is 17.8 Å². The van der Waals surface area contributed by atoms with Crippen LogP contribution in [-0.4, -0.2) is 106 Å². The third-order valence-electron chi connectivity index (χ3n) is 11.7. The van der Waals surface area contributed by atoms with Gasteiger partial charge in [-0.1, -0.05) is 44.2 Å². The van der Waals surface area contributed by atoms with E-state index >= 15 is 0 Å². The first kappa shape index (κ1) is 42.0. The Morgan fingerprint density at radius 3 is 2.42 bits per heavy atom. The lowest BCUT2D eigenvalue weighted by atomic mass is 9.85. The fourth-order valence-electron chi connectivity index (χ4n) is 8.15. The maximum atomic E-state index is 15.0. The molecule has 57 heavy (non-hydrogen) atoms. The lowest BCUT2D eigenvalue weighted by molar-refractivity contribution is -0.222. The lowest BCUT2D eigenvalue weighted by Crippen LogP contribution is -2.66. The number of pyridine rings is 1. The van der Waals surface area contributed by atoms with Crippen molar-refractivity contribution in [3.05, 3.63) is 42.6 Å². The molecule has 0 unspecified atom stereocenters. The Morgan fingerprint density at radius 1 is 1.11 bits per heavy atom. The molecular formula is C39H50F3N5O9S. The maximum Gasteiger partial charge on any atom is 0.411 e. The van der Waals surface area contributed by atoms with Crippen molar-refractivity contribution in [1.29, 1.82) is 0 Å². The summed E-state index contributed by atoms with van der Waals surface area (Å²) in [4.78, 5) is 61.8. The molecule has 312 valence electrons. The summed E-state index contributed by atoms with van der Waals surface area (Å²) in [6.45, 7) is 6.59. The number of ether oxygens (including phenoxy) is 2. The van der Waals surface area contributed by atoms with Crippen molar-refractivity contribution in [2.45, 2.75) is 120 Å². The van der Waals surface area contributed by atoms with Crippen LogP contribution in [0.1, 0.15) is 79.6 Å². The molecule has 2 saturated carbocycles. The molecule has 14 nitrogen and oxygen atoms in total. The van der Waals surface area contributed by atoms with Crippen LogP contribution in [0.2, 0.25) is 0 Å². The molecule has 0 radical (unpaired) electrons. The number of carbonyl (C=O) groups is 4. The largest absolute Gasteiger partial charge is 0.492 e. The van der Waals surface area contributed by atoms with Gasteiger partial charge in [0.15, 0.2) is 0 Å². The van der Waals surface area contributed by atoms with Crippen molar-refractivity contribution in [3.8, 4) is 11.6 Å². The topological polar surface area (TPSA) is 185 Å². The zero-order valence-electron chi connectivity index (χ0n) is 32.5. The van der Waals surface area contributed by atoms with Crippen LogP contribution in [0.15, 0.2) is 42.6 Å². The predicted octanol–water partition coefficient (Wildman–Crippen LogP) is 5.17. The molecule has 3 N–H and O–H groups in total. The van der Waals surface area contributed by atoms with Crippen LogP contribution in [0.5, 0.6) is 11.6 Å². The van der Waals surface area contributed by atoms with Crippen LogP contribution in [-0.2, 0) is 24.4 Å². The van der Waals surface area contributed by atoms with Crippen LogP contribution in [0.3, 0.4) is 0 Å². The number of aromatic nitrogens is 1. The van der Waals surface area contributed by atoms with Gasteiger partial charge in [0, 0.05) is 23.1 Å². The number of fused-ring (bicyclic) bond motifs is 3. The molecule has 3 fully saturated rings. The lowest BCUT2D eigenvalue weighted by Gasteiger charge is -2.45. The number of allylic oxidation sites excluding steroid dienone is 1. The van der Waals surface area contributed by atoms with Gasteiger partial charge in [0.25, 0.3) is 5.91 Å². The number of nitrogens with one attached hydrogen (secondary N) is 2. The monoisotopic (exact) mass is 821 g/mol. The van der Waals surface area contributed by atoms with Crippen molar-refractivity contribution >= 4 is 44.6 Å². The number of hydrogen-bond donors (Lipinski definition) is 3. The molecule has 0 spiro atoms. The number of alkyl halides is 3. The summed E-state index contributed by atoms with van der Waals surface area (Å²) < 4.78 is 84.0. The zero-order valence-corrected chi connectivity index (χ0v) is 33.4. The van der Waals surface area contributed by atoms with Crippen molar-refractivity contribution in [3.63, 3.8) is 0 Å². The Kier molecular flexibility index (Phi) is 11.5. The quantitative estimate of drug-likeness (QED) is 0.286. The van der Waals surface area contributed by atoms with Crippen LogP contribution in [0.4, 0.5) is 18.0 Å². The summed E-state index contributed by atoms with van der Waals surface area (Å²) in [5, 5.41) is 13.7. The summed E-state index contributed by atoms with van der Waals surface area (Å²) in [5.74, 6) is -3.95. The van der Waals surface area contributed by atoms with E-state index in [9.17, 15) is 45.9 Å². The van der Waals surface area contributed by atoms with Crippen LogP contribution in [0, 0.1) is 17.8 Å².